The molecule has 0 saturated heterocycles. The van der Waals surface area contributed by atoms with Gasteiger partial charge in [-0.3, -0.25) is 14.4 Å². The Morgan fingerprint density at radius 2 is 1.84 bits per heavy atom. The zero-order chi connectivity index (χ0) is 23.1. The van der Waals surface area contributed by atoms with Gasteiger partial charge in [0.25, 0.3) is 5.91 Å². The third-order valence-corrected chi connectivity index (χ3v) is 4.99. The lowest BCUT2D eigenvalue weighted by molar-refractivity contribution is -0.139. The summed E-state index contributed by atoms with van der Waals surface area (Å²) < 4.78 is 10.8. The fourth-order valence-electron chi connectivity index (χ4n) is 2.49. The minimum atomic E-state index is -0.840. The first kappa shape index (κ1) is 23.4. The minimum Gasteiger partial charge on any atom is -0.493 e. The van der Waals surface area contributed by atoms with E-state index in [-0.39, 0.29) is 12.6 Å². The molecule has 0 aliphatic heterocycles. The quantitative estimate of drug-likeness (QED) is 0.306. The molecule has 3 amide bonds. The lowest BCUT2D eigenvalue weighted by Crippen LogP contribution is -2.38. The lowest BCUT2D eigenvalue weighted by Gasteiger charge is -2.11. The molecule has 0 spiro atoms. The van der Waals surface area contributed by atoms with Crippen LogP contribution in [0.4, 0.5) is 5.69 Å². The number of methoxy groups -OCH3 is 1. The SMILES string of the molecule is COc1cc(/C=N\NC(=O)C(=O)NC2CC2)ccc1OCC(=O)Nc1ccc(Cl)c(Cl)c1. The number of hydrazone groups is 1. The molecule has 2 aromatic carbocycles. The first-order valence-corrected chi connectivity index (χ1v) is 10.3. The zero-order valence-corrected chi connectivity index (χ0v) is 18.5. The highest BCUT2D eigenvalue weighted by atomic mass is 35.5. The van der Waals surface area contributed by atoms with Crippen molar-refractivity contribution in [1.82, 2.24) is 10.7 Å². The van der Waals surface area contributed by atoms with Crippen molar-refractivity contribution < 1.29 is 23.9 Å². The first-order valence-electron chi connectivity index (χ1n) is 9.55. The Morgan fingerprint density at radius 1 is 1.06 bits per heavy atom. The van der Waals surface area contributed by atoms with Gasteiger partial charge in [-0.25, -0.2) is 5.43 Å². The standard InChI is InChI=1S/C21H20Cl2N4O5/c1-31-18-8-12(10-24-27-21(30)20(29)26-13-3-4-13)2-7-17(18)32-11-19(28)25-14-5-6-15(22)16(23)9-14/h2,5-10,13H,3-4,11H2,1H3,(H,25,28)(H,26,29)(H,27,30)/b24-10-. The van der Waals surface area contributed by atoms with Crippen molar-refractivity contribution in [2.75, 3.05) is 19.0 Å². The molecule has 0 unspecified atom stereocenters. The van der Waals surface area contributed by atoms with E-state index in [0.29, 0.717) is 32.8 Å². The molecule has 32 heavy (non-hydrogen) atoms. The molecule has 2 aromatic rings. The third-order valence-electron chi connectivity index (χ3n) is 4.25. The Kier molecular flexibility index (Phi) is 7.91. The molecule has 9 nitrogen and oxygen atoms in total. The van der Waals surface area contributed by atoms with Crippen LogP contribution in [0.5, 0.6) is 11.5 Å². The highest BCUT2D eigenvalue weighted by Gasteiger charge is 2.26. The Morgan fingerprint density at radius 3 is 2.53 bits per heavy atom. The van der Waals surface area contributed by atoms with Gasteiger partial charge in [0.2, 0.25) is 0 Å². The fraction of sp³-hybridized carbons (Fsp3) is 0.238. The minimum absolute atomic E-state index is 0.0834. The maximum atomic E-state index is 12.1. The summed E-state index contributed by atoms with van der Waals surface area (Å²) in [6, 6.07) is 9.65. The highest BCUT2D eigenvalue weighted by molar-refractivity contribution is 6.42. The smallest absolute Gasteiger partial charge is 0.329 e. The average Bonchev–Trinajstić information content (AvgIpc) is 3.59. The predicted molar refractivity (Wildman–Crippen MR) is 120 cm³/mol. The first-order chi connectivity index (χ1) is 15.4. The van der Waals surface area contributed by atoms with Gasteiger partial charge in [-0.05, 0) is 54.8 Å². The predicted octanol–water partition coefficient (Wildman–Crippen LogP) is 2.75. The van der Waals surface area contributed by atoms with E-state index in [1.165, 1.54) is 19.4 Å². The topological polar surface area (TPSA) is 118 Å². The summed E-state index contributed by atoms with van der Waals surface area (Å²) in [7, 11) is 1.45. The number of amides is 3. The van der Waals surface area contributed by atoms with E-state index < -0.39 is 17.7 Å². The second-order valence-electron chi connectivity index (χ2n) is 6.82. The van der Waals surface area contributed by atoms with Gasteiger partial charge in [0, 0.05) is 11.7 Å². The molecular formula is C21H20Cl2N4O5. The van der Waals surface area contributed by atoms with Crippen LogP contribution in [0, 0.1) is 0 Å². The van der Waals surface area contributed by atoms with Crippen molar-refractivity contribution in [3.63, 3.8) is 0 Å². The molecule has 1 aliphatic rings. The van der Waals surface area contributed by atoms with Crippen LogP contribution in [-0.4, -0.2) is 43.7 Å². The number of nitrogens with zero attached hydrogens (tertiary/aromatic N) is 1. The number of ether oxygens (including phenoxy) is 2. The normalized spacial score (nSPS) is 12.8. The Labute approximate surface area is 194 Å². The van der Waals surface area contributed by atoms with Crippen LogP contribution in [0.15, 0.2) is 41.5 Å². The van der Waals surface area contributed by atoms with Crippen LogP contribution in [-0.2, 0) is 14.4 Å². The Balaban J connectivity index is 1.52. The number of rotatable bonds is 8. The van der Waals surface area contributed by atoms with E-state index in [9.17, 15) is 14.4 Å². The van der Waals surface area contributed by atoms with Gasteiger partial charge < -0.3 is 20.1 Å². The third kappa shape index (κ3) is 6.86. The van der Waals surface area contributed by atoms with Crippen LogP contribution >= 0.6 is 23.2 Å². The molecule has 0 atom stereocenters. The van der Waals surface area contributed by atoms with Crippen LogP contribution < -0.4 is 25.5 Å². The second-order valence-corrected chi connectivity index (χ2v) is 7.64. The molecule has 11 heteroatoms. The van der Waals surface area contributed by atoms with Crippen molar-refractivity contribution in [3.05, 3.63) is 52.0 Å². The second kappa shape index (κ2) is 10.8. The fourth-order valence-corrected chi connectivity index (χ4v) is 2.79. The molecule has 0 bridgehead atoms. The number of carbonyl (C=O) groups excluding carboxylic acids is 3. The van der Waals surface area contributed by atoms with Crippen LogP contribution in [0.3, 0.4) is 0 Å². The monoisotopic (exact) mass is 478 g/mol. The number of nitrogens with one attached hydrogen (secondary N) is 3. The summed E-state index contributed by atoms with van der Waals surface area (Å²) in [5.74, 6) is -1.27. The van der Waals surface area contributed by atoms with Gasteiger partial charge in [-0.15, -0.1) is 0 Å². The molecule has 1 fully saturated rings. The zero-order valence-electron chi connectivity index (χ0n) is 17.0. The van der Waals surface area contributed by atoms with E-state index in [4.69, 9.17) is 32.7 Å². The molecule has 168 valence electrons. The summed E-state index contributed by atoms with van der Waals surface area (Å²) in [4.78, 5) is 35.4. The van der Waals surface area contributed by atoms with E-state index in [1.54, 1.807) is 30.3 Å². The van der Waals surface area contributed by atoms with Crippen molar-refractivity contribution >= 4 is 52.8 Å². The number of anilines is 1. The lowest BCUT2D eigenvalue weighted by atomic mass is 10.2. The summed E-state index contributed by atoms with van der Waals surface area (Å²) >= 11 is 11.8. The molecule has 0 aromatic heterocycles. The summed E-state index contributed by atoms with van der Waals surface area (Å²) in [6.07, 6.45) is 3.12. The number of benzene rings is 2. The van der Waals surface area contributed by atoms with Crippen LogP contribution in [0.25, 0.3) is 0 Å². The van der Waals surface area contributed by atoms with E-state index in [1.807, 2.05) is 0 Å². The number of carbonyl (C=O) groups is 3. The van der Waals surface area contributed by atoms with E-state index >= 15 is 0 Å². The van der Waals surface area contributed by atoms with Gasteiger partial charge in [0.05, 0.1) is 23.4 Å². The van der Waals surface area contributed by atoms with Crippen LogP contribution in [0.1, 0.15) is 18.4 Å². The average molecular weight is 479 g/mol. The highest BCUT2D eigenvalue weighted by Crippen LogP contribution is 2.28. The summed E-state index contributed by atoms with van der Waals surface area (Å²) in [5, 5.41) is 9.69. The van der Waals surface area contributed by atoms with Crippen molar-refractivity contribution in [1.29, 1.82) is 0 Å². The largest absolute Gasteiger partial charge is 0.493 e. The van der Waals surface area contributed by atoms with Crippen LogP contribution in [0.2, 0.25) is 10.0 Å². The molecule has 0 heterocycles. The molecule has 1 saturated carbocycles. The molecule has 0 radical (unpaired) electrons. The van der Waals surface area contributed by atoms with Gasteiger partial charge in [0.15, 0.2) is 18.1 Å². The van der Waals surface area contributed by atoms with Crippen molar-refractivity contribution in [3.8, 4) is 11.5 Å². The van der Waals surface area contributed by atoms with Gasteiger partial charge in [0.1, 0.15) is 0 Å². The summed E-state index contributed by atoms with van der Waals surface area (Å²) in [6.45, 7) is -0.268. The molecular weight excluding hydrogens is 459 g/mol. The van der Waals surface area contributed by atoms with Gasteiger partial charge >= 0.3 is 11.8 Å². The van der Waals surface area contributed by atoms with Crippen molar-refractivity contribution in [2.45, 2.75) is 18.9 Å². The number of halogens is 2. The molecule has 3 rings (SSSR count). The van der Waals surface area contributed by atoms with Crippen molar-refractivity contribution in [2.24, 2.45) is 5.10 Å². The van der Waals surface area contributed by atoms with E-state index in [2.05, 4.69) is 21.2 Å². The number of hydrogen-bond acceptors (Lipinski definition) is 6. The Hall–Kier alpha value is -3.30. The Bertz CT molecular complexity index is 1060. The molecule has 1 aliphatic carbocycles. The maximum absolute atomic E-state index is 12.1. The number of hydrogen-bond donors (Lipinski definition) is 3. The van der Waals surface area contributed by atoms with Gasteiger partial charge in [-0.2, -0.15) is 5.10 Å². The molecule has 3 N–H and O–H groups in total. The summed E-state index contributed by atoms with van der Waals surface area (Å²) in [5.41, 5.74) is 3.23. The van der Waals surface area contributed by atoms with Gasteiger partial charge in [-0.1, -0.05) is 23.2 Å². The van der Waals surface area contributed by atoms with E-state index in [0.717, 1.165) is 12.8 Å². The maximum Gasteiger partial charge on any atom is 0.329 e.